The van der Waals surface area contributed by atoms with E-state index < -0.39 is 0 Å². The highest BCUT2D eigenvalue weighted by Crippen LogP contribution is 2.26. The average molecular weight is 318 g/mol. The molecule has 2 heterocycles. The fraction of sp³-hybridized carbons (Fsp3) is 0.286. The molecule has 0 saturated carbocycles. The first kappa shape index (κ1) is 15.0. The van der Waals surface area contributed by atoms with Gasteiger partial charge in [0.2, 0.25) is 0 Å². The maximum atomic E-state index is 6.19. The molecule has 0 unspecified atom stereocenters. The molecular formula is C21H22N2O. The van der Waals surface area contributed by atoms with Gasteiger partial charge < -0.3 is 9.32 Å². The predicted octanol–water partition coefficient (Wildman–Crippen LogP) is 4.46. The van der Waals surface area contributed by atoms with Gasteiger partial charge in [0, 0.05) is 25.9 Å². The molecule has 0 spiro atoms. The van der Waals surface area contributed by atoms with Gasteiger partial charge in [-0.05, 0) is 24.0 Å². The quantitative estimate of drug-likeness (QED) is 0.695. The van der Waals surface area contributed by atoms with Crippen LogP contribution in [0.15, 0.2) is 65.1 Å². The summed E-state index contributed by atoms with van der Waals surface area (Å²) >= 11 is 0. The Morgan fingerprint density at radius 2 is 1.38 bits per heavy atom. The molecule has 0 aliphatic carbocycles. The van der Waals surface area contributed by atoms with Gasteiger partial charge in [-0.3, -0.25) is 0 Å². The van der Waals surface area contributed by atoms with Crippen molar-refractivity contribution in [2.75, 3.05) is 18.0 Å². The molecule has 1 fully saturated rings. The minimum Gasteiger partial charge on any atom is -0.428 e. The second-order valence-corrected chi connectivity index (χ2v) is 6.39. The van der Waals surface area contributed by atoms with Gasteiger partial charge in [0.1, 0.15) is 5.76 Å². The predicted molar refractivity (Wildman–Crippen MR) is 96.4 cm³/mol. The van der Waals surface area contributed by atoms with Crippen molar-refractivity contribution in [2.45, 2.75) is 25.7 Å². The van der Waals surface area contributed by atoms with E-state index in [1.54, 1.807) is 0 Å². The maximum Gasteiger partial charge on any atom is 0.297 e. The number of oxazole rings is 1. The molecule has 1 aromatic heterocycles. The summed E-state index contributed by atoms with van der Waals surface area (Å²) in [6.45, 7) is 2.10. The molecule has 24 heavy (non-hydrogen) atoms. The van der Waals surface area contributed by atoms with Gasteiger partial charge in [0.05, 0.1) is 5.69 Å². The summed E-state index contributed by atoms with van der Waals surface area (Å²) in [5.74, 6) is 0.993. The lowest BCUT2D eigenvalue weighted by atomic mass is 10.1. The molecular weight excluding hydrogens is 296 g/mol. The number of aromatic nitrogens is 1. The van der Waals surface area contributed by atoms with Crippen LogP contribution in [0.1, 0.15) is 35.4 Å². The Kier molecular flexibility index (Phi) is 4.32. The van der Waals surface area contributed by atoms with Gasteiger partial charge in [0.15, 0.2) is 0 Å². The monoisotopic (exact) mass is 318 g/mol. The third-order valence-electron chi connectivity index (χ3n) is 4.57. The number of benzene rings is 2. The summed E-state index contributed by atoms with van der Waals surface area (Å²) in [6.07, 6.45) is 4.07. The van der Waals surface area contributed by atoms with Crippen LogP contribution in [-0.4, -0.2) is 18.1 Å². The molecule has 4 rings (SSSR count). The Hall–Kier alpha value is -2.55. The van der Waals surface area contributed by atoms with Crippen LogP contribution in [0.2, 0.25) is 0 Å². The SMILES string of the molecule is c1ccc(Cc2nc(N3CCCC3)oc2Cc2ccccc2)cc1. The number of nitrogens with zero attached hydrogens (tertiary/aromatic N) is 2. The van der Waals surface area contributed by atoms with E-state index in [1.807, 2.05) is 12.1 Å². The highest BCUT2D eigenvalue weighted by atomic mass is 16.4. The van der Waals surface area contributed by atoms with E-state index in [1.165, 1.54) is 24.0 Å². The standard InChI is InChI=1S/C21H22N2O/c1-3-9-17(10-4-1)15-19-20(16-18-11-5-2-6-12-18)24-21(22-19)23-13-7-8-14-23/h1-6,9-12H,7-8,13-16H2. The van der Waals surface area contributed by atoms with Gasteiger partial charge in [-0.1, -0.05) is 60.7 Å². The number of hydrogen-bond acceptors (Lipinski definition) is 3. The maximum absolute atomic E-state index is 6.19. The van der Waals surface area contributed by atoms with Crippen molar-refractivity contribution in [2.24, 2.45) is 0 Å². The highest BCUT2D eigenvalue weighted by Gasteiger charge is 2.21. The second kappa shape index (κ2) is 6.91. The van der Waals surface area contributed by atoms with Crippen molar-refractivity contribution in [1.29, 1.82) is 0 Å². The van der Waals surface area contributed by atoms with Gasteiger partial charge >= 0.3 is 0 Å². The zero-order chi connectivity index (χ0) is 16.2. The number of rotatable bonds is 5. The summed E-state index contributed by atoms with van der Waals surface area (Å²) in [4.78, 5) is 7.11. The lowest BCUT2D eigenvalue weighted by Gasteiger charge is -2.10. The van der Waals surface area contributed by atoms with Crippen molar-refractivity contribution in [3.63, 3.8) is 0 Å². The van der Waals surface area contributed by atoms with Crippen LogP contribution >= 0.6 is 0 Å². The minimum atomic E-state index is 0.795. The first-order valence-electron chi connectivity index (χ1n) is 8.70. The molecule has 0 amide bonds. The van der Waals surface area contributed by atoms with E-state index in [2.05, 4.69) is 53.4 Å². The van der Waals surface area contributed by atoms with E-state index in [4.69, 9.17) is 9.40 Å². The Balaban J connectivity index is 1.64. The Morgan fingerprint density at radius 3 is 2.00 bits per heavy atom. The Labute approximate surface area is 143 Å². The Bertz CT molecular complexity index is 715. The molecule has 3 heteroatoms. The molecule has 122 valence electrons. The summed E-state index contributed by atoms with van der Waals surface area (Å²) < 4.78 is 6.19. The number of anilines is 1. The molecule has 0 N–H and O–H groups in total. The van der Waals surface area contributed by atoms with Crippen LogP contribution in [0, 0.1) is 0 Å². The zero-order valence-corrected chi connectivity index (χ0v) is 13.8. The molecule has 0 atom stereocenters. The molecule has 0 radical (unpaired) electrons. The van der Waals surface area contributed by atoms with Crippen LogP contribution in [0.5, 0.6) is 0 Å². The lowest BCUT2D eigenvalue weighted by Crippen LogP contribution is -2.17. The smallest absolute Gasteiger partial charge is 0.297 e. The van der Waals surface area contributed by atoms with Crippen molar-refractivity contribution < 1.29 is 4.42 Å². The molecule has 2 aromatic carbocycles. The van der Waals surface area contributed by atoms with Gasteiger partial charge in [-0.2, -0.15) is 4.98 Å². The number of hydrogen-bond donors (Lipinski definition) is 0. The zero-order valence-electron chi connectivity index (χ0n) is 13.8. The van der Waals surface area contributed by atoms with Gasteiger partial charge in [-0.15, -0.1) is 0 Å². The van der Waals surface area contributed by atoms with Crippen molar-refractivity contribution in [3.05, 3.63) is 83.2 Å². The normalized spacial score (nSPS) is 14.2. The van der Waals surface area contributed by atoms with E-state index in [-0.39, 0.29) is 0 Å². The van der Waals surface area contributed by atoms with E-state index in [0.29, 0.717) is 0 Å². The molecule has 3 nitrogen and oxygen atoms in total. The van der Waals surface area contributed by atoms with E-state index in [9.17, 15) is 0 Å². The molecule has 0 bridgehead atoms. The summed E-state index contributed by atoms with van der Waals surface area (Å²) in [5, 5.41) is 0. The second-order valence-electron chi connectivity index (χ2n) is 6.39. The first-order valence-corrected chi connectivity index (χ1v) is 8.70. The van der Waals surface area contributed by atoms with Crippen LogP contribution in [0.3, 0.4) is 0 Å². The first-order chi connectivity index (χ1) is 11.9. The van der Waals surface area contributed by atoms with Gasteiger partial charge in [0.25, 0.3) is 6.01 Å². The summed E-state index contributed by atoms with van der Waals surface area (Å²) in [7, 11) is 0. The van der Waals surface area contributed by atoms with Crippen LogP contribution in [-0.2, 0) is 12.8 Å². The molecule has 1 aliphatic heterocycles. The molecule has 1 aliphatic rings. The third-order valence-corrected chi connectivity index (χ3v) is 4.57. The van der Waals surface area contributed by atoms with E-state index in [0.717, 1.165) is 43.4 Å². The van der Waals surface area contributed by atoms with Crippen molar-refractivity contribution in [3.8, 4) is 0 Å². The van der Waals surface area contributed by atoms with Crippen LogP contribution < -0.4 is 4.90 Å². The van der Waals surface area contributed by atoms with Crippen molar-refractivity contribution in [1.82, 2.24) is 4.98 Å². The van der Waals surface area contributed by atoms with Crippen molar-refractivity contribution >= 4 is 6.01 Å². The van der Waals surface area contributed by atoms with Crippen LogP contribution in [0.25, 0.3) is 0 Å². The minimum absolute atomic E-state index is 0.795. The Morgan fingerprint density at radius 1 is 0.792 bits per heavy atom. The molecule has 1 saturated heterocycles. The summed E-state index contributed by atoms with van der Waals surface area (Å²) in [5.41, 5.74) is 3.59. The lowest BCUT2D eigenvalue weighted by molar-refractivity contribution is 0.506. The van der Waals surface area contributed by atoms with Crippen LogP contribution in [0.4, 0.5) is 6.01 Å². The largest absolute Gasteiger partial charge is 0.428 e. The fourth-order valence-electron chi connectivity index (χ4n) is 3.26. The topological polar surface area (TPSA) is 29.3 Å². The average Bonchev–Trinajstić information content (AvgIpc) is 3.27. The van der Waals surface area contributed by atoms with E-state index >= 15 is 0 Å². The molecule has 3 aromatic rings. The summed E-state index contributed by atoms with van der Waals surface area (Å²) in [6, 6.07) is 21.8. The van der Waals surface area contributed by atoms with Gasteiger partial charge in [-0.25, -0.2) is 0 Å². The fourth-order valence-corrected chi connectivity index (χ4v) is 3.26. The highest BCUT2D eigenvalue weighted by molar-refractivity contribution is 5.35. The third kappa shape index (κ3) is 3.35.